The molecule has 10 nitrogen and oxygen atoms in total. The van der Waals surface area contributed by atoms with Crippen molar-refractivity contribution in [1.29, 1.82) is 0 Å². The minimum absolute atomic E-state index is 0.0618. The van der Waals surface area contributed by atoms with Crippen molar-refractivity contribution in [3.8, 4) is 22.8 Å². The fraction of sp³-hybridized carbons (Fsp3) is 0.278. The van der Waals surface area contributed by atoms with Gasteiger partial charge >= 0.3 is 12.6 Å². The summed E-state index contributed by atoms with van der Waals surface area (Å²) in [4.78, 5) is 15.8. The number of carbonyl (C=O) groups excluding carboxylic acids is 1. The van der Waals surface area contributed by atoms with E-state index in [4.69, 9.17) is 9.84 Å². The van der Waals surface area contributed by atoms with Crippen LogP contribution >= 0.6 is 0 Å². The Balaban J connectivity index is 1.80. The molecular formula is C18H19F2N5O5. The van der Waals surface area contributed by atoms with Crippen molar-refractivity contribution >= 4 is 17.4 Å². The van der Waals surface area contributed by atoms with E-state index in [9.17, 15) is 18.7 Å². The second-order valence-electron chi connectivity index (χ2n) is 6.10. The molecule has 12 heteroatoms. The molecule has 4 N–H and O–H groups in total. The lowest BCUT2D eigenvalue weighted by Gasteiger charge is -2.10. The number of pyridine rings is 2. The highest BCUT2D eigenvalue weighted by atomic mass is 19.3. The molecule has 0 fully saturated rings. The van der Waals surface area contributed by atoms with Crippen LogP contribution in [0.2, 0.25) is 0 Å². The number of amides is 2. The minimum Gasteiger partial charge on any atom is -0.478 e. The number of carbonyl (C=O) groups is 1. The van der Waals surface area contributed by atoms with Gasteiger partial charge in [0, 0.05) is 30.6 Å². The summed E-state index contributed by atoms with van der Waals surface area (Å²) >= 11 is 0. The highest BCUT2D eigenvalue weighted by molar-refractivity contribution is 5.89. The Kier molecular flexibility index (Phi) is 6.59. The zero-order valence-corrected chi connectivity index (χ0v) is 15.7. The van der Waals surface area contributed by atoms with Crippen LogP contribution in [-0.2, 0) is 0 Å². The zero-order valence-electron chi connectivity index (χ0n) is 15.7. The number of nitrogens with one attached hydrogen (secondary N) is 2. The average Bonchev–Trinajstić information content (AvgIpc) is 3.12. The van der Waals surface area contributed by atoms with E-state index in [1.165, 1.54) is 23.9 Å². The first kappa shape index (κ1) is 21.2. The summed E-state index contributed by atoms with van der Waals surface area (Å²) in [5, 5.41) is 27.1. The summed E-state index contributed by atoms with van der Waals surface area (Å²) in [5.41, 5.74) is 1.78. The van der Waals surface area contributed by atoms with E-state index in [1.54, 1.807) is 24.4 Å². The largest absolute Gasteiger partial charge is 0.478 e. The van der Waals surface area contributed by atoms with Crippen LogP contribution in [0.25, 0.3) is 16.6 Å². The number of methoxy groups -OCH3 is 1. The van der Waals surface area contributed by atoms with Crippen LogP contribution in [0.15, 0.2) is 36.7 Å². The summed E-state index contributed by atoms with van der Waals surface area (Å²) in [7, 11) is 1.30. The molecule has 0 aliphatic heterocycles. The van der Waals surface area contributed by atoms with Crippen molar-refractivity contribution in [2.45, 2.75) is 12.7 Å². The molecule has 0 bridgehead atoms. The molecule has 3 aromatic heterocycles. The average molecular weight is 423 g/mol. The first-order chi connectivity index (χ1) is 14.4. The smallest absolute Gasteiger partial charge is 0.387 e. The Morgan fingerprint density at radius 1 is 1.30 bits per heavy atom. The highest BCUT2D eigenvalue weighted by Crippen LogP contribution is 2.31. The monoisotopic (exact) mass is 423 g/mol. The minimum atomic E-state index is -3.02. The van der Waals surface area contributed by atoms with Gasteiger partial charge in [-0.05, 0) is 23.8 Å². The molecule has 0 aliphatic rings. The first-order valence-electron chi connectivity index (χ1n) is 8.72. The molecule has 0 aromatic carbocycles. The van der Waals surface area contributed by atoms with Gasteiger partial charge in [-0.3, -0.25) is 5.32 Å². The number of rotatable bonds is 8. The molecule has 3 aromatic rings. The van der Waals surface area contributed by atoms with Crippen LogP contribution < -0.4 is 20.1 Å². The van der Waals surface area contributed by atoms with Crippen molar-refractivity contribution in [3.63, 3.8) is 0 Å². The van der Waals surface area contributed by atoms with Crippen molar-refractivity contribution in [1.82, 2.24) is 19.9 Å². The molecule has 3 rings (SSSR count). The van der Waals surface area contributed by atoms with Gasteiger partial charge in [0.25, 0.3) is 5.88 Å². The van der Waals surface area contributed by atoms with Gasteiger partial charge < -0.3 is 25.0 Å². The van der Waals surface area contributed by atoms with Crippen LogP contribution in [0.4, 0.5) is 19.4 Å². The third kappa shape index (κ3) is 5.10. The Morgan fingerprint density at radius 3 is 2.80 bits per heavy atom. The lowest BCUT2D eigenvalue weighted by molar-refractivity contribution is -0.0515. The number of aliphatic hydroxyl groups excluding tert-OH is 2. The van der Waals surface area contributed by atoms with E-state index in [0.717, 1.165) is 0 Å². The zero-order chi connectivity index (χ0) is 21.7. The van der Waals surface area contributed by atoms with E-state index in [2.05, 4.69) is 25.5 Å². The molecule has 30 heavy (non-hydrogen) atoms. The fourth-order valence-electron chi connectivity index (χ4n) is 2.59. The standard InChI is InChI=1S/C18H19F2N5O5/c1-29-16-14(30-17(19)20)5-11(7-21-16)10-2-3-25-12(4-10)6-15(24-25)23-18(28)22-8-13(27)9-26/h2-7,13,17,26-27H,8-9H2,1H3,(H2,22,23,24,28)/t13-/m1/s1. The molecule has 1 atom stereocenters. The SMILES string of the molecule is COc1ncc(-c2ccn3nc(NC(=O)NC[C@@H](O)CO)cc3c2)cc1OC(F)F. The lowest BCUT2D eigenvalue weighted by Crippen LogP contribution is -2.36. The number of urea groups is 1. The normalized spacial score (nSPS) is 12.1. The number of aliphatic hydroxyl groups is 2. The number of nitrogens with zero attached hydrogens (tertiary/aromatic N) is 3. The number of fused-ring (bicyclic) bond motifs is 1. The van der Waals surface area contributed by atoms with E-state index in [0.29, 0.717) is 16.6 Å². The van der Waals surface area contributed by atoms with E-state index >= 15 is 0 Å². The molecule has 3 heterocycles. The topological polar surface area (TPSA) is 130 Å². The maximum atomic E-state index is 12.6. The van der Waals surface area contributed by atoms with Gasteiger partial charge in [0.05, 0.1) is 25.3 Å². The Bertz CT molecular complexity index is 1030. The molecule has 0 saturated carbocycles. The third-order valence-electron chi connectivity index (χ3n) is 3.97. The molecule has 0 radical (unpaired) electrons. The maximum absolute atomic E-state index is 12.6. The number of aromatic nitrogens is 3. The van der Waals surface area contributed by atoms with Gasteiger partial charge in [-0.2, -0.15) is 8.78 Å². The van der Waals surface area contributed by atoms with Gasteiger partial charge in [0.1, 0.15) is 0 Å². The number of halogens is 2. The number of ether oxygens (including phenoxy) is 2. The molecule has 0 saturated heterocycles. The van der Waals surface area contributed by atoms with Crippen LogP contribution in [-0.4, -0.2) is 63.8 Å². The Morgan fingerprint density at radius 2 is 2.10 bits per heavy atom. The Hall–Kier alpha value is -3.51. The van der Waals surface area contributed by atoms with Gasteiger partial charge in [-0.15, -0.1) is 5.10 Å². The number of hydrogen-bond donors (Lipinski definition) is 4. The highest BCUT2D eigenvalue weighted by Gasteiger charge is 2.14. The second kappa shape index (κ2) is 9.33. The van der Waals surface area contributed by atoms with Gasteiger partial charge in [0.2, 0.25) is 0 Å². The summed E-state index contributed by atoms with van der Waals surface area (Å²) in [6.45, 7) is -3.61. The van der Waals surface area contributed by atoms with Crippen molar-refractivity contribution < 1.29 is 33.3 Å². The molecule has 160 valence electrons. The third-order valence-corrected chi connectivity index (χ3v) is 3.97. The van der Waals surface area contributed by atoms with E-state index in [-0.39, 0.29) is 24.0 Å². The summed E-state index contributed by atoms with van der Waals surface area (Å²) in [6, 6.07) is 5.80. The van der Waals surface area contributed by atoms with Crippen LogP contribution in [0.3, 0.4) is 0 Å². The van der Waals surface area contributed by atoms with E-state index in [1.807, 2.05) is 0 Å². The predicted molar refractivity (Wildman–Crippen MR) is 102 cm³/mol. The van der Waals surface area contributed by atoms with Crippen LogP contribution in [0.1, 0.15) is 0 Å². The predicted octanol–water partition coefficient (Wildman–Crippen LogP) is 1.48. The van der Waals surface area contributed by atoms with Crippen molar-refractivity contribution in [2.75, 3.05) is 25.6 Å². The molecule has 0 aliphatic carbocycles. The van der Waals surface area contributed by atoms with Crippen LogP contribution in [0, 0.1) is 0 Å². The van der Waals surface area contributed by atoms with Gasteiger partial charge in [-0.1, -0.05) is 0 Å². The number of hydrogen-bond acceptors (Lipinski definition) is 7. The first-order valence-corrected chi connectivity index (χ1v) is 8.72. The summed E-state index contributed by atoms with van der Waals surface area (Å²) in [5.74, 6) is -0.00603. The van der Waals surface area contributed by atoms with Crippen molar-refractivity contribution in [2.24, 2.45) is 0 Å². The lowest BCUT2D eigenvalue weighted by atomic mass is 10.1. The number of alkyl halides is 2. The van der Waals surface area contributed by atoms with Gasteiger partial charge in [0.15, 0.2) is 11.6 Å². The Labute approximate surface area is 169 Å². The summed E-state index contributed by atoms with van der Waals surface area (Å²) < 4.78 is 36.1. The second-order valence-corrected chi connectivity index (χ2v) is 6.10. The maximum Gasteiger partial charge on any atom is 0.387 e. The quantitative estimate of drug-likeness (QED) is 0.432. The number of anilines is 1. The van der Waals surface area contributed by atoms with E-state index < -0.39 is 25.4 Å². The fourth-order valence-corrected chi connectivity index (χ4v) is 2.59. The summed E-state index contributed by atoms with van der Waals surface area (Å²) in [6.07, 6.45) is 2.02. The van der Waals surface area contributed by atoms with Crippen molar-refractivity contribution in [3.05, 3.63) is 36.7 Å². The molecule has 2 amide bonds. The molecule has 0 spiro atoms. The molecular weight excluding hydrogens is 404 g/mol. The van der Waals surface area contributed by atoms with Crippen LogP contribution in [0.5, 0.6) is 11.6 Å². The van der Waals surface area contributed by atoms with Gasteiger partial charge in [-0.25, -0.2) is 14.3 Å². The molecule has 0 unspecified atom stereocenters.